The van der Waals surface area contributed by atoms with E-state index in [4.69, 9.17) is 20.8 Å². The largest absolute Gasteiger partial charge is 0.492 e. The lowest BCUT2D eigenvalue weighted by atomic mass is 9.94. The standard InChI is InChI=1S/C19H27ClN4O2/c1-19(2,3)16-12-22-17(26-16)13-23-18(21-4)24(5)9-10-25-15-8-6-7-14(20)11-15/h6-8,11-12H,9-10,13H2,1-5H3,(H,21,23). The number of oxazole rings is 1. The van der Waals surface area contributed by atoms with Crippen LogP contribution < -0.4 is 10.1 Å². The summed E-state index contributed by atoms with van der Waals surface area (Å²) in [6, 6.07) is 7.36. The van der Waals surface area contributed by atoms with Gasteiger partial charge in [0, 0.05) is 24.5 Å². The van der Waals surface area contributed by atoms with E-state index in [9.17, 15) is 0 Å². The van der Waals surface area contributed by atoms with Crippen molar-refractivity contribution in [3.8, 4) is 5.75 Å². The van der Waals surface area contributed by atoms with Gasteiger partial charge in [-0.15, -0.1) is 0 Å². The third-order valence-corrected chi connectivity index (χ3v) is 3.99. The van der Waals surface area contributed by atoms with Crippen molar-refractivity contribution < 1.29 is 9.15 Å². The third kappa shape index (κ3) is 5.95. The Morgan fingerprint density at radius 2 is 2.15 bits per heavy atom. The van der Waals surface area contributed by atoms with Crippen molar-refractivity contribution in [2.24, 2.45) is 4.99 Å². The number of nitrogens with zero attached hydrogens (tertiary/aromatic N) is 3. The molecule has 0 aliphatic heterocycles. The zero-order valence-electron chi connectivity index (χ0n) is 16.0. The third-order valence-electron chi connectivity index (χ3n) is 3.76. The molecule has 0 saturated heterocycles. The first kappa shape index (κ1) is 20.1. The van der Waals surface area contributed by atoms with Gasteiger partial charge in [-0.3, -0.25) is 4.99 Å². The molecule has 7 heteroatoms. The first-order valence-electron chi connectivity index (χ1n) is 8.55. The fourth-order valence-corrected chi connectivity index (χ4v) is 2.42. The number of rotatable bonds is 6. The second-order valence-electron chi connectivity index (χ2n) is 7.00. The topological polar surface area (TPSA) is 62.9 Å². The molecule has 6 nitrogen and oxygen atoms in total. The Balaban J connectivity index is 1.81. The predicted octanol–water partition coefficient (Wildman–Crippen LogP) is 3.71. The maximum atomic E-state index is 5.95. The van der Waals surface area contributed by atoms with Crippen LogP contribution in [0.1, 0.15) is 32.4 Å². The monoisotopic (exact) mass is 378 g/mol. The van der Waals surface area contributed by atoms with Crippen LogP contribution in [0.5, 0.6) is 5.75 Å². The second kappa shape index (κ2) is 8.94. The molecule has 1 heterocycles. The summed E-state index contributed by atoms with van der Waals surface area (Å²) in [5.41, 5.74) is -0.0542. The fraction of sp³-hybridized carbons (Fsp3) is 0.474. The molecule has 0 aliphatic carbocycles. The number of nitrogens with one attached hydrogen (secondary N) is 1. The molecule has 1 aromatic carbocycles. The van der Waals surface area contributed by atoms with Crippen molar-refractivity contribution in [2.45, 2.75) is 32.7 Å². The van der Waals surface area contributed by atoms with Gasteiger partial charge < -0.3 is 19.4 Å². The van der Waals surface area contributed by atoms with Gasteiger partial charge in [0.1, 0.15) is 18.1 Å². The molecule has 0 bridgehead atoms. The summed E-state index contributed by atoms with van der Waals surface area (Å²) < 4.78 is 11.5. The van der Waals surface area contributed by atoms with Crippen LogP contribution in [0, 0.1) is 0 Å². The molecule has 2 rings (SSSR count). The maximum Gasteiger partial charge on any atom is 0.213 e. The highest BCUT2D eigenvalue weighted by atomic mass is 35.5. The van der Waals surface area contributed by atoms with Crippen LogP contribution in [0.4, 0.5) is 0 Å². The molecule has 0 saturated carbocycles. The number of aromatic nitrogens is 1. The Kier molecular flexibility index (Phi) is 6.91. The molecule has 0 atom stereocenters. The SMILES string of the molecule is CN=C(NCc1ncc(C(C)(C)C)o1)N(C)CCOc1cccc(Cl)c1. The van der Waals surface area contributed by atoms with E-state index in [1.807, 2.05) is 30.1 Å². The van der Waals surface area contributed by atoms with E-state index in [1.165, 1.54) is 0 Å². The van der Waals surface area contributed by atoms with Crippen LogP contribution in [-0.2, 0) is 12.0 Å². The molecular weight excluding hydrogens is 352 g/mol. The molecule has 0 aliphatic rings. The molecule has 2 aromatic rings. The lowest BCUT2D eigenvalue weighted by Gasteiger charge is -2.21. The van der Waals surface area contributed by atoms with E-state index in [0.29, 0.717) is 30.6 Å². The number of guanidine groups is 1. The molecule has 0 radical (unpaired) electrons. The van der Waals surface area contributed by atoms with Gasteiger partial charge in [-0.05, 0) is 18.2 Å². The van der Waals surface area contributed by atoms with Gasteiger partial charge in [0.2, 0.25) is 5.89 Å². The first-order chi connectivity index (χ1) is 12.3. The highest BCUT2D eigenvalue weighted by Gasteiger charge is 2.19. The van der Waals surface area contributed by atoms with Gasteiger partial charge in [-0.1, -0.05) is 38.4 Å². The molecule has 0 fully saturated rings. The summed E-state index contributed by atoms with van der Waals surface area (Å²) >= 11 is 5.95. The van der Waals surface area contributed by atoms with E-state index in [0.717, 1.165) is 17.5 Å². The number of benzene rings is 1. The summed E-state index contributed by atoms with van der Waals surface area (Å²) in [5.74, 6) is 3.01. The number of halogens is 1. The molecule has 0 unspecified atom stereocenters. The van der Waals surface area contributed by atoms with Gasteiger partial charge in [0.05, 0.1) is 19.3 Å². The van der Waals surface area contributed by atoms with Crippen LogP contribution in [0.2, 0.25) is 5.02 Å². The summed E-state index contributed by atoms with van der Waals surface area (Å²) in [7, 11) is 3.69. The van der Waals surface area contributed by atoms with E-state index >= 15 is 0 Å². The van der Waals surface area contributed by atoms with E-state index in [2.05, 4.69) is 36.1 Å². The highest BCUT2D eigenvalue weighted by Crippen LogP contribution is 2.22. The number of ether oxygens (including phenoxy) is 1. The average molecular weight is 379 g/mol. The molecule has 0 amide bonds. The highest BCUT2D eigenvalue weighted by molar-refractivity contribution is 6.30. The molecule has 1 N–H and O–H groups in total. The van der Waals surface area contributed by atoms with Crippen LogP contribution in [0.3, 0.4) is 0 Å². The minimum absolute atomic E-state index is 0.0542. The zero-order chi connectivity index (χ0) is 19.2. The van der Waals surface area contributed by atoms with Crippen molar-refractivity contribution in [2.75, 3.05) is 27.2 Å². The van der Waals surface area contributed by atoms with Crippen LogP contribution >= 0.6 is 11.6 Å². The van der Waals surface area contributed by atoms with Gasteiger partial charge >= 0.3 is 0 Å². The summed E-state index contributed by atoms with van der Waals surface area (Å²) in [6.07, 6.45) is 1.78. The van der Waals surface area contributed by atoms with Crippen LogP contribution in [0.25, 0.3) is 0 Å². The normalized spacial score (nSPS) is 12.2. The Bertz CT molecular complexity index is 737. The lowest BCUT2D eigenvalue weighted by molar-refractivity contribution is 0.281. The van der Waals surface area contributed by atoms with Crippen molar-refractivity contribution in [3.05, 3.63) is 47.1 Å². The zero-order valence-corrected chi connectivity index (χ0v) is 16.8. The van der Waals surface area contributed by atoms with Crippen molar-refractivity contribution in [3.63, 3.8) is 0 Å². The second-order valence-corrected chi connectivity index (χ2v) is 7.43. The van der Waals surface area contributed by atoms with Gasteiger partial charge in [-0.25, -0.2) is 4.98 Å². The van der Waals surface area contributed by atoms with Gasteiger partial charge in [0.25, 0.3) is 0 Å². The predicted molar refractivity (Wildman–Crippen MR) is 105 cm³/mol. The van der Waals surface area contributed by atoms with Gasteiger partial charge in [-0.2, -0.15) is 0 Å². The number of hydrogen-bond donors (Lipinski definition) is 1. The maximum absolute atomic E-state index is 5.95. The summed E-state index contributed by atoms with van der Waals surface area (Å²) in [6.45, 7) is 7.95. The minimum atomic E-state index is -0.0542. The number of hydrogen-bond acceptors (Lipinski definition) is 4. The smallest absolute Gasteiger partial charge is 0.213 e. The first-order valence-corrected chi connectivity index (χ1v) is 8.92. The lowest BCUT2D eigenvalue weighted by Crippen LogP contribution is -2.40. The molecule has 26 heavy (non-hydrogen) atoms. The van der Waals surface area contributed by atoms with Crippen molar-refractivity contribution in [1.29, 1.82) is 0 Å². The summed E-state index contributed by atoms with van der Waals surface area (Å²) in [5, 5.41) is 3.91. The number of aliphatic imine (C=N–C) groups is 1. The van der Waals surface area contributed by atoms with Crippen LogP contribution in [0.15, 0.2) is 39.9 Å². The van der Waals surface area contributed by atoms with E-state index < -0.39 is 0 Å². The van der Waals surface area contributed by atoms with Crippen molar-refractivity contribution in [1.82, 2.24) is 15.2 Å². The van der Waals surface area contributed by atoms with E-state index in [1.54, 1.807) is 19.3 Å². The molecule has 1 aromatic heterocycles. The quantitative estimate of drug-likeness (QED) is 0.613. The Morgan fingerprint density at radius 1 is 1.38 bits per heavy atom. The minimum Gasteiger partial charge on any atom is -0.492 e. The van der Waals surface area contributed by atoms with E-state index in [-0.39, 0.29) is 5.41 Å². The van der Waals surface area contributed by atoms with Crippen molar-refractivity contribution >= 4 is 17.6 Å². The Morgan fingerprint density at radius 3 is 2.77 bits per heavy atom. The Labute approximate surface area is 160 Å². The van der Waals surface area contributed by atoms with Gasteiger partial charge in [0.15, 0.2) is 5.96 Å². The average Bonchev–Trinajstić information content (AvgIpc) is 3.05. The Hall–Kier alpha value is -2.21. The number of likely N-dealkylation sites (N-methyl/N-ethyl adjacent to an activating group) is 1. The fourth-order valence-electron chi connectivity index (χ4n) is 2.24. The molecule has 142 valence electrons. The summed E-state index contributed by atoms with van der Waals surface area (Å²) in [4.78, 5) is 10.6. The molecule has 0 spiro atoms. The van der Waals surface area contributed by atoms with Crippen LogP contribution in [-0.4, -0.2) is 43.1 Å². The molecular formula is C19H27ClN4O2.